The highest BCUT2D eigenvalue weighted by molar-refractivity contribution is 4.92. The summed E-state index contributed by atoms with van der Waals surface area (Å²) in [6.07, 6.45) is 0. The SMILES string of the molecule is CCOCC(C)(CN)N1CCN(C(C)(C)C)CC1. The lowest BCUT2D eigenvalue weighted by Crippen LogP contribution is -2.62. The van der Waals surface area contributed by atoms with Crippen molar-refractivity contribution in [1.82, 2.24) is 9.80 Å². The lowest BCUT2D eigenvalue weighted by molar-refractivity contribution is -0.0299. The molecule has 4 heteroatoms. The molecule has 18 heavy (non-hydrogen) atoms. The molecule has 0 aliphatic carbocycles. The normalized spacial score (nSPS) is 23.0. The van der Waals surface area contributed by atoms with Crippen LogP contribution in [-0.2, 0) is 4.74 Å². The quantitative estimate of drug-likeness (QED) is 0.802. The van der Waals surface area contributed by atoms with Crippen molar-refractivity contribution in [1.29, 1.82) is 0 Å². The third-order valence-corrected chi connectivity index (χ3v) is 4.05. The zero-order valence-electron chi connectivity index (χ0n) is 12.8. The first-order chi connectivity index (χ1) is 8.33. The molecule has 1 saturated heterocycles. The van der Waals surface area contributed by atoms with Crippen LogP contribution in [-0.4, -0.2) is 66.8 Å². The first-order valence-corrected chi connectivity index (χ1v) is 7.11. The third kappa shape index (κ3) is 3.92. The maximum absolute atomic E-state index is 5.96. The van der Waals surface area contributed by atoms with Crippen molar-refractivity contribution in [2.75, 3.05) is 45.9 Å². The largest absolute Gasteiger partial charge is 0.380 e. The minimum Gasteiger partial charge on any atom is -0.380 e. The Morgan fingerprint density at radius 1 is 1.00 bits per heavy atom. The van der Waals surface area contributed by atoms with E-state index in [-0.39, 0.29) is 11.1 Å². The lowest BCUT2D eigenvalue weighted by Gasteiger charge is -2.48. The highest BCUT2D eigenvalue weighted by Crippen LogP contribution is 2.21. The second-order valence-electron chi connectivity index (χ2n) is 6.48. The van der Waals surface area contributed by atoms with Crippen molar-refractivity contribution in [2.45, 2.75) is 45.7 Å². The highest BCUT2D eigenvalue weighted by atomic mass is 16.5. The topological polar surface area (TPSA) is 41.7 Å². The summed E-state index contributed by atoms with van der Waals surface area (Å²) in [5.41, 5.74) is 6.22. The molecule has 0 radical (unpaired) electrons. The molecule has 2 N–H and O–H groups in total. The number of hydrogen-bond acceptors (Lipinski definition) is 4. The highest BCUT2D eigenvalue weighted by Gasteiger charge is 2.35. The molecule has 1 aliphatic rings. The molecule has 1 aliphatic heterocycles. The predicted molar refractivity (Wildman–Crippen MR) is 76.9 cm³/mol. The van der Waals surface area contributed by atoms with Crippen LogP contribution >= 0.6 is 0 Å². The molecule has 0 aromatic rings. The molecular formula is C14H31N3O. The first kappa shape index (κ1) is 15.9. The molecule has 108 valence electrons. The molecule has 1 rings (SSSR count). The standard InChI is InChI=1S/C14H31N3O/c1-6-18-12-14(5,11-15)17-9-7-16(8-10-17)13(2,3)4/h6-12,15H2,1-5H3. The van der Waals surface area contributed by atoms with Crippen LogP contribution in [0.15, 0.2) is 0 Å². The van der Waals surface area contributed by atoms with E-state index in [1.807, 2.05) is 6.92 Å². The fourth-order valence-corrected chi connectivity index (χ4v) is 2.52. The van der Waals surface area contributed by atoms with Crippen LogP contribution in [0.25, 0.3) is 0 Å². The van der Waals surface area contributed by atoms with Crippen LogP contribution in [0.1, 0.15) is 34.6 Å². The van der Waals surface area contributed by atoms with Crippen LogP contribution < -0.4 is 5.73 Å². The molecule has 0 amide bonds. The van der Waals surface area contributed by atoms with Crippen LogP contribution in [0.5, 0.6) is 0 Å². The van der Waals surface area contributed by atoms with Crippen LogP contribution in [0.3, 0.4) is 0 Å². The molecule has 4 nitrogen and oxygen atoms in total. The van der Waals surface area contributed by atoms with Gasteiger partial charge in [-0.2, -0.15) is 0 Å². The average Bonchev–Trinajstić information content (AvgIpc) is 2.35. The molecule has 1 atom stereocenters. The van der Waals surface area contributed by atoms with E-state index in [1.165, 1.54) is 0 Å². The Hall–Kier alpha value is -0.160. The van der Waals surface area contributed by atoms with Crippen LogP contribution in [0, 0.1) is 0 Å². The zero-order valence-corrected chi connectivity index (χ0v) is 12.8. The van der Waals surface area contributed by atoms with Crippen LogP contribution in [0.2, 0.25) is 0 Å². The van der Waals surface area contributed by atoms with Gasteiger partial charge in [0.15, 0.2) is 0 Å². The van der Waals surface area contributed by atoms with Gasteiger partial charge in [0.05, 0.1) is 12.1 Å². The summed E-state index contributed by atoms with van der Waals surface area (Å²) in [5.74, 6) is 0. The smallest absolute Gasteiger partial charge is 0.0659 e. The average molecular weight is 257 g/mol. The van der Waals surface area contributed by atoms with E-state index in [2.05, 4.69) is 37.5 Å². The van der Waals surface area contributed by atoms with Gasteiger partial charge < -0.3 is 10.5 Å². The Morgan fingerprint density at radius 3 is 1.89 bits per heavy atom. The Kier molecular flexibility index (Phi) is 5.59. The maximum atomic E-state index is 5.96. The summed E-state index contributed by atoms with van der Waals surface area (Å²) in [5, 5.41) is 0. The molecule has 1 unspecified atom stereocenters. The number of hydrogen-bond donors (Lipinski definition) is 1. The van der Waals surface area contributed by atoms with Gasteiger partial charge in [0.2, 0.25) is 0 Å². The van der Waals surface area contributed by atoms with E-state index in [1.54, 1.807) is 0 Å². The van der Waals surface area contributed by atoms with Gasteiger partial charge in [0.25, 0.3) is 0 Å². The summed E-state index contributed by atoms with van der Waals surface area (Å²) in [4.78, 5) is 5.03. The zero-order chi connectivity index (χ0) is 13.8. The summed E-state index contributed by atoms with van der Waals surface area (Å²) in [6.45, 7) is 17.6. The molecule has 0 aromatic heterocycles. The second kappa shape index (κ2) is 6.33. The van der Waals surface area contributed by atoms with Crippen molar-refractivity contribution in [2.24, 2.45) is 5.73 Å². The molecule has 0 spiro atoms. The molecule has 0 saturated carbocycles. The monoisotopic (exact) mass is 257 g/mol. The number of nitrogens with two attached hydrogens (primary N) is 1. The summed E-state index contributed by atoms with van der Waals surface area (Å²) in [6, 6.07) is 0. The molecular weight excluding hydrogens is 226 g/mol. The van der Waals surface area contributed by atoms with Crippen molar-refractivity contribution in [3.63, 3.8) is 0 Å². The van der Waals surface area contributed by atoms with Crippen molar-refractivity contribution in [3.05, 3.63) is 0 Å². The number of nitrogens with zero attached hydrogens (tertiary/aromatic N) is 2. The van der Waals surface area contributed by atoms with Gasteiger partial charge in [-0.15, -0.1) is 0 Å². The number of ether oxygens (including phenoxy) is 1. The van der Waals surface area contributed by atoms with E-state index in [0.717, 1.165) is 39.4 Å². The summed E-state index contributed by atoms with van der Waals surface area (Å²) in [7, 11) is 0. The van der Waals surface area contributed by atoms with Gasteiger partial charge in [-0.05, 0) is 34.6 Å². The van der Waals surface area contributed by atoms with E-state index < -0.39 is 0 Å². The van der Waals surface area contributed by atoms with Gasteiger partial charge in [0.1, 0.15) is 0 Å². The van der Waals surface area contributed by atoms with Gasteiger partial charge >= 0.3 is 0 Å². The minimum atomic E-state index is -0.0139. The lowest BCUT2D eigenvalue weighted by atomic mass is 9.98. The van der Waals surface area contributed by atoms with Gasteiger partial charge in [0, 0.05) is 44.9 Å². The third-order valence-electron chi connectivity index (χ3n) is 4.05. The Labute approximate surface area is 112 Å². The molecule has 1 fully saturated rings. The molecule has 0 aromatic carbocycles. The van der Waals surface area contributed by atoms with Crippen molar-refractivity contribution >= 4 is 0 Å². The molecule has 0 bridgehead atoms. The number of piperazine rings is 1. The van der Waals surface area contributed by atoms with Crippen molar-refractivity contribution in [3.8, 4) is 0 Å². The summed E-state index contributed by atoms with van der Waals surface area (Å²) >= 11 is 0. The van der Waals surface area contributed by atoms with Gasteiger partial charge in [-0.3, -0.25) is 9.80 Å². The predicted octanol–water partition coefficient (Wildman–Crippen LogP) is 1.16. The van der Waals surface area contributed by atoms with Gasteiger partial charge in [-0.25, -0.2) is 0 Å². The second-order valence-corrected chi connectivity index (χ2v) is 6.48. The van der Waals surface area contributed by atoms with Crippen molar-refractivity contribution < 1.29 is 4.74 Å². The van der Waals surface area contributed by atoms with E-state index in [0.29, 0.717) is 6.54 Å². The Morgan fingerprint density at radius 2 is 1.50 bits per heavy atom. The first-order valence-electron chi connectivity index (χ1n) is 7.11. The Bertz CT molecular complexity index is 244. The fourth-order valence-electron chi connectivity index (χ4n) is 2.52. The van der Waals surface area contributed by atoms with E-state index >= 15 is 0 Å². The van der Waals surface area contributed by atoms with Gasteiger partial charge in [-0.1, -0.05) is 0 Å². The maximum Gasteiger partial charge on any atom is 0.0659 e. The molecule has 1 heterocycles. The Balaban J connectivity index is 2.54. The van der Waals surface area contributed by atoms with E-state index in [9.17, 15) is 0 Å². The minimum absolute atomic E-state index is 0.0139. The van der Waals surface area contributed by atoms with E-state index in [4.69, 9.17) is 10.5 Å². The summed E-state index contributed by atoms with van der Waals surface area (Å²) < 4.78 is 5.60. The fraction of sp³-hybridized carbons (Fsp3) is 1.00. The number of rotatable bonds is 5. The van der Waals surface area contributed by atoms with Crippen LogP contribution in [0.4, 0.5) is 0 Å².